The lowest BCUT2D eigenvalue weighted by Crippen LogP contribution is -2.06. The van der Waals surface area contributed by atoms with Gasteiger partial charge in [-0.1, -0.05) is 35.9 Å². The van der Waals surface area contributed by atoms with E-state index in [0.717, 1.165) is 12.0 Å². The van der Waals surface area contributed by atoms with Crippen LogP contribution < -0.4 is 0 Å². The lowest BCUT2D eigenvalue weighted by molar-refractivity contribution is -0.117. The fourth-order valence-electron chi connectivity index (χ4n) is 1.50. The molecule has 1 rings (SSSR count). The summed E-state index contributed by atoms with van der Waals surface area (Å²) in [5.41, 5.74) is 1.13. The number of hydrogen-bond acceptors (Lipinski definition) is 2. The third-order valence-corrected chi connectivity index (χ3v) is 2.35. The number of hydrogen-bond donors (Lipinski definition) is 0. The molecule has 0 radical (unpaired) electrons. The Morgan fingerprint density at radius 2 is 2.38 bits per heavy atom. The number of ketones is 1. The third-order valence-electron chi connectivity index (χ3n) is 2.14. The lowest BCUT2D eigenvalue weighted by atomic mass is 10.1. The summed E-state index contributed by atoms with van der Waals surface area (Å²) in [6.07, 6.45) is 11.2. The number of rotatable bonds is 4. The van der Waals surface area contributed by atoms with Gasteiger partial charge in [0.2, 0.25) is 0 Å². The second kappa shape index (κ2) is 6.44. The Hall–Kier alpha value is -1.15. The molecule has 0 bridgehead atoms. The molecule has 1 atom stereocenters. The molecule has 0 saturated heterocycles. The lowest BCUT2D eigenvalue weighted by Gasteiger charge is -2.04. The van der Waals surface area contributed by atoms with Gasteiger partial charge in [-0.3, -0.25) is 9.79 Å². The molecule has 0 heterocycles. The van der Waals surface area contributed by atoms with Crippen LogP contribution in [0, 0.1) is 0 Å². The van der Waals surface area contributed by atoms with E-state index in [1.54, 1.807) is 6.92 Å². The number of allylic oxidation sites excluding steroid dienone is 6. The minimum Gasteiger partial charge on any atom is -0.300 e. The average Bonchev–Trinajstić information content (AvgIpc) is 2.17. The van der Waals surface area contributed by atoms with Crippen molar-refractivity contribution >= 4 is 22.6 Å². The van der Waals surface area contributed by atoms with Gasteiger partial charge in [-0.2, -0.15) is 0 Å². The normalized spacial score (nSPS) is 20.2. The van der Waals surface area contributed by atoms with Crippen molar-refractivity contribution in [1.29, 1.82) is 0 Å². The van der Waals surface area contributed by atoms with Crippen molar-refractivity contribution in [2.45, 2.75) is 32.7 Å². The monoisotopic (exact) mass is 237 g/mol. The quantitative estimate of drug-likeness (QED) is 0.689. The summed E-state index contributed by atoms with van der Waals surface area (Å²) in [7, 11) is 0. The first-order valence-electron chi connectivity index (χ1n) is 5.34. The maximum Gasteiger partial charge on any atom is 0.131 e. The first kappa shape index (κ1) is 12.9. The van der Waals surface area contributed by atoms with Gasteiger partial charge >= 0.3 is 0 Å². The predicted octanol–water partition coefficient (Wildman–Crippen LogP) is 3.43. The van der Waals surface area contributed by atoms with E-state index in [1.807, 2.05) is 31.2 Å². The predicted molar refractivity (Wildman–Crippen MR) is 69.0 cm³/mol. The largest absolute Gasteiger partial charge is 0.300 e. The fraction of sp³-hybridized carbons (Fsp3) is 0.385. The summed E-state index contributed by atoms with van der Waals surface area (Å²) in [6, 6.07) is -0.0510. The van der Waals surface area contributed by atoms with Crippen molar-refractivity contribution in [1.82, 2.24) is 0 Å². The molecule has 0 aromatic heterocycles. The fourth-order valence-corrected chi connectivity index (χ4v) is 1.81. The summed E-state index contributed by atoms with van der Waals surface area (Å²) in [5, 5.41) is 0.462. The molecule has 1 aliphatic rings. The SMILES string of the molecule is CC(=O)C[C@H](C)/N=C(Cl)\C=C1\C=CC=CC1. The molecule has 0 aromatic carbocycles. The maximum atomic E-state index is 10.9. The van der Waals surface area contributed by atoms with Crippen LogP contribution in [0.1, 0.15) is 26.7 Å². The van der Waals surface area contributed by atoms with E-state index < -0.39 is 0 Å². The van der Waals surface area contributed by atoms with Crippen LogP contribution in [-0.4, -0.2) is 17.0 Å². The van der Waals surface area contributed by atoms with E-state index in [2.05, 4.69) is 11.1 Å². The molecule has 0 fully saturated rings. The molecular formula is C13H16ClNO. The topological polar surface area (TPSA) is 29.4 Å². The molecule has 0 aromatic rings. The Kier molecular flexibility index (Phi) is 5.20. The molecule has 0 amide bonds. The summed E-state index contributed by atoms with van der Waals surface area (Å²) in [4.78, 5) is 15.1. The van der Waals surface area contributed by atoms with Crippen molar-refractivity contribution in [3.63, 3.8) is 0 Å². The molecule has 0 unspecified atom stereocenters. The van der Waals surface area contributed by atoms with Crippen molar-refractivity contribution < 1.29 is 4.79 Å². The number of carbonyl (C=O) groups is 1. The van der Waals surface area contributed by atoms with Gasteiger partial charge < -0.3 is 0 Å². The molecule has 0 spiro atoms. The number of carbonyl (C=O) groups excluding carboxylic acids is 1. The van der Waals surface area contributed by atoms with Crippen molar-refractivity contribution in [2.24, 2.45) is 4.99 Å². The zero-order chi connectivity index (χ0) is 12.0. The van der Waals surface area contributed by atoms with Gasteiger partial charge in [0.1, 0.15) is 11.0 Å². The van der Waals surface area contributed by atoms with Gasteiger partial charge in [0.05, 0.1) is 6.04 Å². The summed E-state index contributed by atoms with van der Waals surface area (Å²) >= 11 is 6.00. The minimum atomic E-state index is -0.0510. The summed E-state index contributed by atoms with van der Waals surface area (Å²) in [6.45, 7) is 3.45. The molecule has 0 N–H and O–H groups in total. The maximum absolute atomic E-state index is 10.9. The highest BCUT2D eigenvalue weighted by molar-refractivity contribution is 6.68. The minimum absolute atomic E-state index is 0.0510. The molecule has 2 nitrogen and oxygen atoms in total. The standard InChI is InChI=1S/C13H16ClNO/c1-10(8-11(2)16)15-13(14)9-12-6-4-3-5-7-12/h3-6,9-10H,7-8H2,1-2H3/b12-9-,15-13+/t10-/m0/s1. The molecular weight excluding hydrogens is 222 g/mol. The van der Waals surface area contributed by atoms with E-state index in [4.69, 9.17) is 11.6 Å². The number of aliphatic imine (C=N–C) groups is 1. The zero-order valence-electron chi connectivity index (χ0n) is 9.61. The summed E-state index contributed by atoms with van der Waals surface area (Å²) in [5.74, 6) is 0.133. The number of nitrogens with zero attached hydrogens (tertiary/aromatic N) is 1. The molecule has 1 aliphatic carbocycles. The van der Waals surface area contributed by atoms with Gasteiger partial charge in [0.15, 0.2) is 0 Å². The second-order valence-electron chi connectivity index (χ2n) is 3.92. The molecule has 3 heteroatoms. The Bertz CT molecular complexity index is 377. The summed E-state index contributed by atoms with van der Waals surface area (Å²) < 4.78 is 0. The van der Waals surface area contributed by atoms with Crippen LogP contribution in [0.15, 0.2) is 40.9 Å². The van der Waals surface area contributed by atoms with Crippen molar-refractivity contribution in [3.8, 4) is 0 Å². The van der Waals surface area contributed by atoms with Crippen LogP contribution >= 0.6 is 11.6 Å². The smallest absolute Gasteiger partial charge is 0.131 e. The van der Waals surface area contributed by atoms with Crippen LogP contribution in [0.5, 0.6) is 0 Å². The molecule has 0 saturated carbocycles. The Balaban J connectivity index is 2.60. The van der Waals surface area contributed by atoms with Gasteiger partial charge in [0, 0.05) is 6.42 Å². The van der Waals surface area contributed by atoms with E-state index in [9.17, 15) is 4.79 Å². The van der Waals surface area contributed by atoms with E-state index in [1.165, 1.54) is 0 Å². The van der Waals surface area contributed by atoms with Gasteiger partial charge in [-0.05, 0) is 31.9 Å². The second-order valence-corrected chi connectivity index (χ2v) is 4.30. The van der Waals surface area contributed by atoms with E-state index >= 15 is 0 Å². The highest BCUT2D eigenvalue weighted by Gasteiger charge is 2.04. The van der Waals surface area contributed by atoms with E-state index in [0.29, 0.717) is 11.6 Å². The first-order chi connectivity index (χ1) is 7.58. The average molecular weight is 238 g/mol. The van der Waals surface area contributed by atoms with Crippen molar-refractivity contribution in [2.75, 3.05) is 0 Å². The van der Waals surface area contributed by atoms with Crippen LogP contribution in [0.3, 0.4) is 0 Å². The molecule has 16 heavy (non-hydrogen) atoms. The number of halogens is 1. The molecule has 0 aliphatic heterocycles. The Labute approximate surface area is 101 Å². The highest BCUT2D eigenvalue weighted by atomic mass is 35.5. The van der Waals surface area contributed by atoms with Crippen LogP contribution in [0.2, 0.25) is 0 Å². The van der Waals surface area contributed by atoms with Crippen LogP contribution in [0.4, 0.5) is 0 Å². The van der Waals surface area contributed by atoms with Gasteiger partial charge in [0.25, 0.3) is 0 Å². The highest BCUT2D eigenvalue weighted by Crippen LogP contribution is 2.11. The van der Waals surface area contributed by atoms with Gasteiger partial charge in [-0.15, -0.1) is 0 Å². The zero-order valence-corrected chi connectivity index (χ0v) is 10.4. The first-order valence-corrected chi connectivity index (χ1v) is 5.72. The van der Waals surface area contributed by atoms with Crippen molar-refractivity contribution in [3.05, 3.63) is 36.0 Å². The van der Waals surface area contributed by atoms with E-state index in [-0.39, 0.29) is 11.8 Å². The Morgan fingerprint density at radius 1 is 1.62 bits per heavy atom. The third kappa shape index (κ3) is 5.08. The number of Topliss-reactive ketones (excluding diaryl/α,β-unsaturated/α-hetero) is 1. The molecule has 86 valence electrons. The van der Waals surface area contributed by atoms with Gasteiger partial charge in [-0.25, -0.2) is 0 Å². The van der Waals surface area contributed by atoms with Crippen LogP contribution in [0.25, 0.3) is 0 Å². The Morgan fingerprint density at radius 3 is 2.94 bits per heavy atom. The van der Waals surface area contributed by atoms with Crippen LogP contribution in [-0.2, 0) is 4.79 Å².